The first kappa shape index (κ1) is 13.3. The molecule has 4 heteroatoms. The summed E-state index contributed by atoms with van der Waals surface area (Å²) < 4.78 is 23.2. The monoisotopic (exact) mass is 259 g/mol. The summed E-state index contributed by atoms with van der Waals surface area (Å²) in [5, 5.41) is 3.58. The number of hydrogen-bond donors (Lipinski definition) is 1. The maximum atomic E-state index is 11.6. The molecule has 0 aromatic rings. The first-order valence-corrected chi connectivity index (χ1v) is 8.88. The summed E-state index contributed by atoms with van der Waals surface area (Å²) in [6, 6.07) is 0.556. The fourth-order valence-corrected chi connectivity index (χ4v) is 5.47. The van der Waals surface area contributed by atoms with Gasteiger partial charge in [-0.05, 0) is 37.6 Å². The molecular weight excluding hydrogens is 234 g/mol. The van der Waals surface area contributed by atoms with Gasteiger partial charge in [0.25, 0.3) is 0 Å². The Labute approximate surface area is 105 Å². The van der Waals surface area contributed by atoms with E-state index in [4.69, 9.17) is 0 Å². The lowest BCUT2D eigenvalue weighted by atomic mass is 9.82. The molecule has 1 saturated carbocycles. The minimum absolute atomic E-state index is 0.419. The second kappa shape index (κ2) is 5.70. The lowest BCUT2D eigenvalue weighted by Gasteiger charge is -2.30. The van der Waals surface area contributed by atoms with Crippen molar-refractivity contribution >= 4 is 9.84 Å². The Bertz CT molecular complexity index is 339. The van der Waals surface area contributed by atoms with Gasteiger partial charge in [-0.2, -0.15) is 0 Å². The van der Waals surface area contributed by atoms with Gasteiger partial charge in [-0.25, -0.2) is 8.42 Å². The van der Waals surface area contributed by atoms with Crippen molar-refractivity contribution in [3.63, 3.8) is 0 Å². The molecule has 0 aromatic heterocycles. The van der Waals surface area contributed by atoms with E-state index in [1.807, 2.05) is 0 Å². The van der Waals surface area contributed by atoms with Gasteiger partial charge >= 0.3 is 0 Å². The average Bonchev–Trinajstić information content (AvgIpc) is 2.51. The van der Waals surface area contributed by atoms with E-state index in [9.17, 15) is 8.42 Å². The maximum absolute atomic E-state index is 11.6. The Balaban J connectivity index is 2.04. The molecule has 1 aliphatic heterocycles. The Morgan fingerprint density at radius 1 is 1.12 bits per heavy atom. The summed E-state index contributed by atoms with van der Waals surface area (Å²) in [7, 11) is -2.72. The topological polar surface area (TPSA) is 46.2 Å². The molecular formula is C13H25NO2S. The highest BCUT2D eigenvalue weighted by Gasteiger charge is 2.37. The van der Waals surface area contributed by atoms with Crippen molar-refractivity contribution in [2.24, 2.45) is 11.8 Å². The van der Waals surface area contributed by atoms with Gasteiger partial charge in [-0.15, -0.1) is 0 Å². The maximum Gasteiger partial charge on any atom is 0.150 e. The number of nitrogens with one attached hydrogen (secondary N) is 1. The van der Waals surface area contributed by atoms with Crippen LogP contribution in [0.3, 0.4) is 0 Å². The van der Waals surface area contributed by atoms with Crippen molar-refractivity contribution in [3.05, 3.63) is 0 Å². The summed E-state index contributed by atoms with van der Waals surface area (Å²) >= 11 is 0. The van der Waals surface area contributed by atoms with Crippen molar-refractivity contribution in [1.82, 2.24) is 5.32 Å². The van der Waals surface area contributed by atoms with Crippen molar-refractivity contribution in [1.29, 1.82) is 0 Å². The molecule has 3 unspecified atom stereocenters. The van der Waals surface area contributed by atoms with Gasteiger partial charge in [-0.3, -0.25) is 0 Å². The minimum Gasteiger partial charge on any atom is -0.314 e. The fraction of sp³-hybridized carbons (Fsp3) is 1.00. The van der Waals surface area contributed by atoms with Crippen LogP contribution in [0, 0.1) is 11.8 Å². The highest BCUT2D eigenvalue weighted by atomic mass is 32.2. The zero-order valence-corrected chi connectivity index (χ0v) is 11.6. The van der Waals surface area contributed by atoms with Gasteiger partial charge in [-0.1, -0.05) is 26.2 Å². The van der Waals surface area contributed by atoms with Gasteiger partial charge in [0.2, 0.25) is 0 Å². The Hall–Kier alpha value is -0.0900. The molecule has 2 fully saturated rings. The Morgan fingerprint density at radius 2 is 1.88 bits per heavy atom. The van der Waals surface area contributed by atoms with Gasteiger partial charge in [0.15, 0.2) is 9.84 Å². The van der Waals surface area contributed by atoms with Gasteiger partial charge in [0.05, 0.1) is 11.5 Å². The molecule has 0 amide bonds. The fourth-order valence-electron chi connectivity index (χ4n) is 3.58. The van der Waals surface area contributed by atoms with E-state index < -0.39 is 9.84 Å². The standard InChI is InChI=1S/C13H25NO2S/c1-2-14-13-7-5-3-4-6-12(13)11-8-9-17(15,16)10-11/h11-14H,2-10H2,1H3. The third kappa shape index (κ3) is 3.44. The van der Waals surface area contributed by atoms with Crippen LogP contribution in [0.1, 0.15) is 45.4 Å². The second-order valence-electron chi connectivity index (χ2n) is 5.63. The summed E-state index contributed by atoms with van der Waals surface area (Å²) in [5.41, 5.74) is 0. The summed E-state index contributed by atoms with van der Waals surface area (Å²) in [5.74, 6) is 1.88. The van der Waals surface area contributed by atoms with E-state index >= 15 is 0 Å². The lowest BCUT2D eigenvalue weighted by molar-refractivity contribution is 0.253. The van der Waals surface area contributed by atoms with Crippen LogP contribution in [-0.2, 0) is 9.84 Å². The molecule has 0 spiro atoms. The van der Waals surface area contributed by atoms with Crippen LogP contribution in [0.5, 0.6) is 0 Å². The molecule has 1 N–H and O–H groups in total. The van der Waals surface area contributed by atoms with Gasteiger partial charge < -0.3 is 5.32 Å². The Morgan fingerprint density at radius 3 is 2.53 bits per heavy atom. The van der Waals surface area contributed by atoms with Crippen LogP contribution in [0.25, 0.3) is 0 Å². The van der Waals surface area contributed by atoms with Crippen LogP contribution < -0.4 is 5.32 Å². The SMILES string of the molecule is CCNC1CCCCCC1C1CCS(=O)(=O)C1. The Kier molecular flexibility index (Phi) is 4.47. The zero-order valence-electron chi connectivity index (χ0n) is 10.8. The number of hydrogen-bond acceptors (Lipinski definition) is 3. The van der Waals surface area contributed by atoms with Crippen LogP contribution in [0.2, 0.25) is 0 Å². The largest absolute Gasteiger partial charge is 0.314 e. The predicted molar refractivity (Wildman–Crippen MR) is 70.8 cm³/mol. The van der Waals surface area contributed by atoms with Crippen molar-refractivity contribution in [2.45, 2.75) is 51.5 Å². The molecule has 1 aliphatic carbocycles. The highest BCUT2D eigenvalue weighted by Crippen LogP contribution is 2.35. The molecule has 3 nitrogen and oxygen atoms in total. The minimum atomic E-state index is -2.72. The van der Waals surface area contributed by atoms with Crippen LogP contribution in [0.15, 0.2) is 0 Å². The number of rotatable bonds is 3. The van der Waals surface area contributed by atoms with Gasteiger partial charge in [0.1, 0.15) is 0 Å². The van der Waals surface area contributed by atoms with Crippen LogP contribution in [0.4, 0.5) is 0 Å². The summed E-state index contributed by atoms with van der Waals surface area (Å²) in [4.78, 5) is 0. The molecule has 1 heterocycles. The van der Waals surface area contributed by atoms with E-state index in [1.165, 1.54) is 32.1 Å². The predicted octanol–water partition coefficient (Wildman–Crippen LogP) is 1.98. The molecule has 100 valence electrons. The molecule has 0 radical (unpaired) electrons. The molecule has 2 aliphatic rings. The molecule has 17 heavy (non-hydrogen) atoms. The summed E-state index contributed by atoms with van der Waals surface area (Å²) in [6.45, 7) is 3.15. The summed E-state index contributed by atoms with van der Waals surface area (Å²) in [6.07, 6.45) is 7.25. The van der Waals surface area contributed by atoms with Crippen LogP contribution >= 0.6 is 0 Å². The molecule has 0 bridgehead atoms. The third-order valence-electron chi connectivity index (χ3n) is 4.41. The zero-order chi connectivity index (χ0) is 12.3. The van der Waals surface area contributed by atoms with E-state index in [-0.39, 0.29) is 0 Å². The lowest BCUT2D eigenvalue weighted by Crippen LogP contribution is -2.39. The third-order valence-corrected chi connectivity index (χ3v) is 6.20. The van der Waals surface area contributed by atoms with Crippen molar-refractivity contribution in [2.75, 3.05) is 18.1 Å². The first-order valence-electron chi connectivity index (χ1n) is 7.06. The first-order chi connectivity index (χ1) is 8.12. The van der Waals surface area contributed by atoms with Crippen LogP contribution in [-0.4, -0.2) is 32.5 Å². The van der Waals surface area contributed by atoms with E-state index in [0.717, 1.165) is 13.0 Å². The normalized spacial score (nSPS) is 37.8. The smallest absolute Gasteiger partial charge is 0.150 e. The van der Waals surface area contributed by atoms with Gasteiger partial charge in [0, 0.05) is 6.04 Å². The highest BCUT2D eigenvalue weighted by molar-refractivity contribution is 7.91. The van der Waals surface area contributed by atoms with E-state index in [1.54, 1.807) is 0 Å². The molecule has 3 atom stereocenters. The van der Waals surface area contributed by atoms with Crippen molar-refractivity contribution < 1.29 is 8.42 Å². The van der Waals surface area contributed by atoms with Crippen molar-refractivity contribution in [3.8, 4) is 0 Å². The molecule has 0 aromatic carbocycles. The van der Waals surface area contributed by atoms with E-state index in [0.29, 0.717) is 29.4 Å². The quantitative estimate of drug-likeness (QED) is 0.788. The second-order valence-corrected chi connectivity index (χ2v) is 7.86. The number of sulfone groups is 1. The molecule has 1 saturated heterocycles. The van der Waals surface area contributed by atoms with E-state index in [2.05, 4.69) is 12.2 Å². The average molecular weight is 259 g/mol. The molecule has 2 rings (SSSR count).